The van der Waals surface area contributed by atoms with Gasteiger partial charge in [0.1, 0.15) is 5.75 Å². The van der Waals surface area contributed by atoms with Crippen LogP contribution in [-0.4, -0.2) is 39.2 Å². The number of nitrogens with two attached hydrogens (primary N) is 2. The van der Waals surface area contributed by atoms with Crippen LogP contribution in [0.2, 0.25) is 0 Å². The molecule has 2 aliphatic rings. The van der Waals surface area contributed by atoms with Crippen LogP contribution in [0.4, 0.5) is 5.69 Å². The van der Waals surface area contributed by atoms with E-state index in [0.717, 1.165) is 49.3 Å². The summed E-state index contributed by atoms with van der Waals surface area (Å²) in [5, 5.41) is 3.38. The molecule has 0 aliphatic carbocycles. The van der Waals surface area contributed by atoms with Crippen LogP contribution in [-0.2, 0) is 4.79 Å². The Labute approximate surface area is 142 Å². The lowest BCUT2D eigenvalue weighted by Gasteiger charge is -2.33. The van der Waals surface area contributed by atoms with E-state index in [-0.39, 0.29) is 11.3 Å². The van der Waals surface area contributed by atoms with Gasteiger partial charge in [-0.25, -0.2) is 0 Å². The Bertz CT molecular complexity index is 650. The summed E-state index contributed by atoms with van der Waals surface area (Å²) in [4.78, 5) is 14.5. The molecule has 2 fully saturated rings. The molecule has 6 nitrogen and oxygen atoms in total. The van der Waals surface area contributed by atoms with E-state index < -0.39 is 0 Å². The topological polar surface area (TPSA) is 93.6 Å². The fraction of sp³-hybridized carbons (Fsp3) is 0.500. The number of amides is 1. The fourth-order valence-corrected chi connectivity index (χ4v) is 3.80. The maximum atomic E-state index is 12.6. The van der Waals surface area contributed by atoms with Crippen LogP contribution in [0.3, 0.4) is 0 Å². The molecular formula is C18H26N4O2. The van der Waals surface area contributed by atoms with Gasteiger partial charge in [0.05, 0.1) is 7.11 Å². The summed E-state index contributed by atoms with van der Waals surface area (Å²) in [6.45, 7) is 3.10. The van der Waals surface area contributed by atoms with Crippen LogP contribution in [0.25, 0.3) is 5.57 Å². The number of carbonyl (C=O) groups is 1. The van der Waals surface area contributed by atoms with Gasteiger partial charge in [0.15, 0.2) is 0 Å². The summed E-state index contributed by atoms with van der Waals surface area (Å²) in [6.07, 6.45) is 4.24. The molecule has 0 unspecified atom stereocenters. The van der Waals surface area contributed by atoms with Crippen molar-refractivity contribution in [2.24, 2.45) is 16.9 Å². The van der Waals surface area contributed by atoms with Crippen molar-refractivity contribution in [1.29, 1.82) is 0 Å². The summed E-state index contributed by atoms with van der Waals surface area (Å²) in [5.74, 6) is 0.883. The van der Waals surface area contributed by atoms with Gasteiger partial charge in [0.2, 0.25) is 5.91 Å². The number of ether oxygens (including phenoxy) is 1. The summed E-state index contributed by atoms with van der Waals surface area (Å²) < 4.78 is 5.50. The molecule has 0 bridgehead atoms. The summed E-state index contributed by atoms with van der Waals surface area (Å²) >= 11 is 0. The van der Waals surface area contributed by atoms with Gasteiger partial charge >= 0.3 is 0 Å². The van der Waals surface area contributed by atoms with E-state index in [0.29, 0.717) is 18.7 Å². The number of carbonyl (C=O) groups excluding carboxylic acids is 1. The number of benzene rings is 1. The van der Waals surface area contributed by atoms with Crippen molar-refractivity contribution in [2.45, 2.75) is 19.3 Å². The zero-order valence-corrected chi connectivity index (χ0v) is 14.2. The van der Waals surface area contributed by atoms with Gasteiger partial charge in [0.25, 0.3) is 0 Å². The number of nitrogens with zero attached hydrogens (tertiary/aromatic N) is 1. The first-order valence-electron chi connectivity index (χ1n) is 8.43. The van der Waals surface area contributed by atoms with Gasteiger partial charge in [-0.15, -0.1) is 0 Å². The maximum Gasteiger partial charge on any atom is 0.227 e. The zero-order valence-electron chi connectivity index (χ0n) is 14.2. The van der Waals surface area contributed by atoms with Gasteiger partial charge in [-0.2, -0.15) is 0 Å². The van der Waals surface area contributed by atoms with Crippen molar-refractivity contribution >= 4 is 17.2 Å². The first-order valence-corrected chi connectivity index (χ1v) is 8.43. The lowest BCUT2D eigenvalue weighted by molar-refractivity contribution is -0.117. The minimum atomic E-state index is 0.119. The molecular weight excluding hydrogens is 304 g/mol. The van der Waals surface area contributed by atoms with Crippen LogP contribution < -0.4 is 26.4 Å². The van der Waals surface area contributed by atoms with Crippen LogP contribution in [0.5, 0.6) is 5.75 Å². The van der Waals surface area contributed by atoms with E-state index in [9.17, 15) is 4.79 Å². The molecule has 2 aliphatic heterocycles. The largest absolute Gasteiger partial charge is 0.496 e. The molecule has 24 heavy (non-hydrogen) atoms. The predicted molar refractivity (Wildman–Crippen MR) is 95.7 cm³/mol. The molecule has 1 spiro atoms. The molecule has 1 aromatic rings. The third kappa shape index (κ3) is 2.99. The van der Waals surface area contributed by atoms with E-state index in [1.807, 2.05) is 23.1 Å². The van der Waals surface area contributed by atoms with E-state index in [2.05, 4.69) is 5.32 Å². The zero-order chi connectivity index (χ0) is 17.2. The van der Waals surface area contributed by atoms with Crippen molar-refractivity contribution in [1.82, 2.24) is 5.32 Å². The Kier molecular flexibility index (Phi) is 4.78. The third-order valence-electron chi connectivity index (χ3n) is 5.25. The van der Waals surface area contributed by atoms with Gasteiger partial charge in [0, 0.05) is 36.8 Å². The fourth-order valence-electron chi connectivity index (χ4n) is 3.80. The molecule has 1 aromatic carbocycles. The van der Waals surface area contributed by atoms with Gasteiger partial charge in [-0.1, -0.05) is 0 Å². The van der Waals surface area contributed by atoms with Crippen LogP contribution in [0.1, 0.15) is 24.8 Å². The molecule has 2 saturated heterocycles. The van der Waals surface area contributed by atoms with Gasteiger partial charge < -0.3 is 26.4 Å². The number of anilines is 1. The van der Waals surface area contributed by atoms with Gasteiger partial charge in [-0.05, 0) is 55.3 Å². The number of piperidine rings is 1. The average molecular weight is 330 g/mol. The molecule has 0 atom stereocenters. The van der Waals surface area contributed by atoms with E-state index in [1.165, 1.54) is 6.20 Å². The highest BCUT2D eigenvalue weighted by molar-refractivity contribution is 5.97. The number of methoxy groups -OCH3 is 1. The highest BCUT2D eigenvalue weighted by atomic mass is 16.5. The molecule has 3 rings (SSSR count). The summed E-state index contributed by atoms with van der Waals surface area (Å²) in [6, 6.07) is 5.79. The third-order valence-corrected chi connectivity index (χ3v) is 5.25. The highest BCUT2D eigenvalue weighted by Gasteiger charge is 2.44. The molecule has 0 radical (unpaired) electrons. The molecule has 130 valence electrons. The van der Waals surface area contributed by atoms with E-state index in [4.69, 9.17) is 16.2 Å². The second kappa shape index (κ2) is 6.83. The number of hydrogen-bond donors (Lipinski definition) is 3. The molecule has 5 N–H and O–H groups in total. The van der Waals surface area contributed by atoms with Crippen LogP contribution in [0, 0.1) is 5.41 Å². The SMILES string of the molecule is COc1cc(N2CC3(CCNCC3)CC2=O)ccc1/C(=C/N)CN. The van der Waals surface area contributed by atoms with Crippen molar-refractivity contribution in [3.63, 3.8) is 0 Å². The highest BCUT2D eigenvalue weighted by Crippen LogP contribution is 2.42. The molecule has 1 amide bonds. The Morgan fingerprint density at radius 2 is 2.17 bits per heavy atom. The number of hydrogen-bond acceptors (Lipinski definition) is 5. The first kappa shape index (κ1) is 16.8. The van der Waals surface area contributed by atoms with E-state index in [1.54, 1.807) is 7.11 Å². The standard InChI is InChI=1S/C18H26N4O2/c1-24-16-8-14(2-3-15(16)13(10-19)11-20)22-12-18(9-17(22)23)4-6-21-7-5-18/h2-3,8,10,21H,4-7,9,11-12,19-20H2,1H3/b13-10+. The molecule has 6 heteroatoms. The number of nitrogens with one attached hydrogen (secondary N) is 1. The van der Waals surface area contributed by atoms with Crippen molar-refractivity contribution < 1.29 is 9.53 Å². The Hall–Kier alpha value is -2.05. The minimum Gasteiger partial charge on any atom is -0.496 e. The maximum absolute atomic E-state index is 12.6. The Morgan fingerprint density at radius 3 is 2.79 bits per heavy atom. The smallest absolute Gasteiger partial charge is 0.227 e. The summed E-state index contributed by atoms with van der Waals surface area (Å²) in [7, 11) is 1.62. The number of rotatable bonds is 4. The second-order valence-corrected chi connectivity index (χ2v) is 6.69. The normalized spacial score (nSPS) is 20.7. The van der Waals surface area contributed by atoms with Crippen molar-refractivity contribution in [3.05, 3.63) is 30.0 Å². The van der Waals surface area contributed by atoms with Crippen LogP contribution in [0.15, 0.2) is 24.4 Å². The lowest BCUT2D eigenvalue weighted by Crippen LogP contribution is -2.38. The average Bonchev–Trinajstić information content (AvgIpc) is 2.92. The quantitative estimate of drug-likeness (QED) is 0.767. The van der Waals surface area contributed by atoms with Gasteiger partial charge in [-0.3, -0.25) is 4.79 Å². The monoisotopic (exact) mass is 330 g/mol. The first-order chi connectivity index (χ1) is 11.6. The molecule has 0 aromatic heterocycles. The van der Waals surface area contributed by atoms with Crippen molar-refractivity contribution in [2.75, 3.05) is 38.2 Å². The molecule has 0 saturated carbocycles. The molecule has 2 heterocycles. The van der Waals surface area contributed by atoms with Crippen LogP contribution >= 0.6 is 0 Å². The lowest BCUT2D eigenvalue weighted by atomic mass is 9.78. The Morgan fingerprint density at radius 1 is 1.42 bits per heavy atom. The predicted octanol–water partition coefficient (Wildman–Crippen LogP) is 1.06. The summed E-state index contributed by atoms with van der Waals surface area (Å²) in [5.41, 5.74) is 14.1. The van der Waals surface area contributed by atoms with E-state index >= 15 is 0 Å². The van der Waals surface area contributed by atoms with Crippen molar-refractivity contribution in [3.8, 4) is 5.75 Å². The second-order valence-electron chi connectivity index (χ2n) is 6.69. The minimum absolute atomic E-state index is 0.119. The Balaban J connectivity index is 1.88.